The second-order valence-electron chi connectivity index (χ2n) is 5.48. The van der Waals surface area contributed by atoms with Gasteiger partial charge in [-0.2, -0.15) is 0 Å². The summed E-state index contributed by atoms with van der Waals surface area (Å²) >= 11 is 0. The fourth-order valence-corrected chi connectivity index (χ4v) is 2.77. The third kappa shape index (κ3) is 4.35. The molecule has 2 fully saturated rings. The zero-order valence-corrected chi connectivity index (χ0v) is 12.2. The van der Waals surface area contributed by atoms with Crippen LogP contribution in [0, 0.1) is 11.8 Å². The number of guanidine groups is 1. The number of nitrogens with zero attached hydrogens (tertiary/aromatic N) is 2. The van der Waals surface area contributed by atoms with Gasteiger partial charge in [-0.25, -0.2) is 0 Å². The first-order chi connectivity index (χ1) is 9.33. The van der Waals surface area contributed by atoms with Crippen molar-refractivity contribution in [2.45, 2.75) is 19.8 Å². The molecular formula is C14H27N3O2. The summed E-state index contributed by atoms with van der Waals surface area (Å²) < 4.78 is 10.7. The maximum atomic E-state index is 5.40. The number of nitrogens with one attached hydrogen (secondary N) is 1. The van der Waals surface area contributed by atoms with Crippen LogP contribution in [0.3, 0.4) is 0 Å². The Morgan fingerprint density at radius 2 is 2.32 bits per heavy atom. The van der Waals surface area contributed by atoms with E-state index < -0.39 is 0 Å². The van der Waals surface area contributed by atoms with Crippen molar-refractivity contribution in [1.82, 2.24) is 10.2 Å². The van der Waals surface area contributed by atoms with E-state index in [2.05, 4.69) is 17.1 Å². The van der Waals surface area contributed by atoms with Crippen LogP contribution in [0.15, 0.2) is 4.99 Å². The zero-order chi connectivity index (χ0) is 13.5. The lowest BCUT2D eigenvalue weighted by molar-refractivity contribution is 0.157. The van der Waals surface area contributed by atoms with Gasteiger partial charge in [-0.05, 0) is 19.8 Å². The maximum absolute atomic E-state index is 5.40. The smallest absolute Gasteiger partial charge is 0.193 e. The molecular weight excluding hydrogens is 242 g/mol. The molecule has 0 amide bonds. The van der Waals surface area contributed by atoms with Crippen LogP contribution in [0.2, 0.25) is 0 Å². The van der Waals surface area contributed by atoms with Gasteiger partial charge in [-0.1, -0.05) is 0 Å². The topological polar surface area (TPSA) is 46.1 Å². The zero-order valence-electron chi connectivity index (χ0n) is 12.2. The highest BCUT2D eigenvalue weighted by molar-refractivity contribution is 5.80. The molecule has 2 aliphatic rings. The Bertz CT molecular complexity index is 290. The van der Waals surface area contributed by atoms with Crippen molar-refractivity contribution in [2.24, 2.45) is 16.8 Å². The van der Waals surface area contributed by atoms with E-state index in [1.807, 2.05) is 0 Å². The van der Waals surface area contributed by atoms with Crippen LogP contribution in [0.5, 0.6) is 0 Å². The molecule has 0 radical (unpaired) electrons. The van der Waals surface area contributed by atoms with Gasteiger partial charge in [0.15, 0.2) is 5.96 Å². The van der Waals surface area contributed by atoms with Crippen LogP contribution in [0.4, 0.5) is 0 Å². The average Bonchev–Trinajstić information content (AvgIpc) is 3.06. The molecule has 2 atom stereocenters. The monoisotopic (exact) mass is 269 g/mol. The molecule has 2 heterocycles. The molecule has 0 aromatic rings. The van der Waals surface area contributed by atoms with Gasteiger partial charge in [0.25, 0.3) is 0 Å². The van der Waals surface area contributed by atoms with Gasteiger partial charge >= 0.3 is 0 Å². The highest BCUT2D eigenvalue weighted by Gasteiger charge is 2.25. The summed E-state index contributed by atoms with van der Waals surface area (Å²) in [5.41, 5.74) is 0. The number of ether oxygens (including phenoxy) is 2. The Labute approximate surface area is 116 Å². The minimum absolute atomic E-state index is 0.603. The van der Waals surface area contributed by atoms with Crippen molar-refractivity contribution in [3.05, 3.63) is 0 Å². The lowest BCUT2D eigenvalue weighted by Crippen LogP contribution is -2.40. The van der Waals surface area contributed by atoms with Crippen LogP contribution in [-0.4, -0.2) is 64.0 Å². The molecule has 5 nitrogen and oxygen atoms in total. The number of likely N-dealkylation sites (tertiary alicyclic amines) is 1. The van der Waals surface area contributed by atoms with E-state index >= 15 is 0 Å². The minimum atomic E-state index is 0.603. The number of aliphatic imine (C=N–C) groups is 1. The Morgan fingerprint density at radius 3 is 3.00 bits per heavy atom. The van der Waals surface area contributed by atoms with E-state index in [0.29, 0.717) is 11.8 Å². The molecule has 110 valence electrons. The summed E-state index contributed by atoms with van der Waals surface area (Å²) in [5, 5.41) is 3.41. The molecule has 2 rings (SSSR count). The Hall–Kier alpha value is -0.810. The number of methoxy groups -OCH3 is 1. The maximum Gasteiger partial charge on any atom is 0.193 e. The van der Waals surface area contributed by atoms with Crippen molar-refractivity contribution >= 4 is 5.96 Å². The van der Waals surface area contributed by atoms with Crippen LogP contribution in [0.25, 0.3) is 0 Å². The molecule has 2 aliphatic heterocycles. The minimum Gasteiger partial charge on any atom is -0.384 e. The first-order valence-corrected chi connectivity index (χ1v) is 7.43. The van der Waals surface area contributed by atoms with Gasteiger partial charge < -0.3 is 19.7 Å². The van der Waals surface area contributed by atoms with Crippen molar-refractivity contribution in [3.63, 3.8) is 0 Å². The third-order valence-corrected chi connectivity index (χ3v) is 3.85. The fraction of sp³-hybridized carbons (Fsp3) is 0.929. The van der Waals surface area contributed by atoms with Gasteiger partial charge in [0, 0.05) is 51.7 Å². The summed E-state index contributed by atoms with van der Waals surface area (Å²) in [6.07, 6.45) is 2.35. The molecule has 2 unspecified atom stereocenters. The molecule has 0 spiro atoms. The first-order valence-electron chi connectivity index (χ1n) is 7.43. The summed E-state index contributed by atoms with van der Waals surface area (Å²) in [7, 11) is 1.78. The van der Waals surface area contributed by atoms with Gasteiger partial charge in [-0.15, -0.1) is 0 Å². The van der Waals surface area contributed by atoms with E-state index in [1.54, 1.807) is 7.11 Å². The predicted molar refractivity (Wildman–Crippen MR) is 76.5 cm³/mol. The van der Waals surface area contributed by atoms with Gasteiger partial charge in [0.2, 0.25) is 0 Å². The van der Waals surface area contributed by atoms with Crippen LogP contribution in [-0.2, 0) is 9.47 Å². The molecule has 5 heteroatoms. The number of hydrogen-bond donors (Lipinski definition) is 1. The third-order valence-electron chi connectivity index (χ3n) is 3.85. The molecule has 0 saturated carbocycles. The van der Waals surface area contributed by atoms with Crippen molar-refractivity contribution in [1.29, 1.82) is 0 Å². The summed E-state index contributed by atoms with van der Waals surface area (Å²) in [4.78, 5) is 7.15. The average molecular weight is 269 g/mol. The molecule has 0 aliphatic carbocycles. The van der Waals surface area contributed by atoms with Crippen LogP contribution >= 0.6 is 0 Å². The highest BCUT2D eigenvalue weighted by atomic mass is 16.5. The summed E-state index contributed by atoms with van der Waals surface area (Å²) in [6.45, 7) is 8.69. The lowest BCUT2D eigenvalue weighted by Gasteiger charge is -2.22. The fourth-order valence-electron chi connectivity index (χ4n) is 2.77. The first kappa shape index (κ1) is 14.6. The second kappa shape index (κ2) is 7.70. The Balaban J connectivity index is 1.85. The summed E-state index contributed by atoms with van der Waals surface area (Å²) in [5.74, 6) is 2.31. The molecule has 0 aromatic carbocycles. The Kier molecular flexibility index (Phi) is 5.92. The van der Waals surface area contributed by atoms with Gasteiger partial charge in [0.1, 0.15) is 0 Å². The van der Waals surface area contributed by atoms with Crippen LogP contribution < -0.4 is 5.32 Å². The van der Waals surface area contributed by atoms with Crippen molar-refractivity contribution in [3.8, 4) is 0 Å². The van der Waals surface area contributed by atoms with Gasteiger partial charge in [0.05, 0.1) is 13.2 Å². The standard InChI is InChI=1S/C14H27N3O2/c1-3-15-14(16-8-12-5-7-19-11-12)17-6-4-13(9-17)10-18-2/h12-13H,3-11H2,1-2H3,(H,15,16). The Morgan fingerprint density at radius 1 is 1.42 bits per heavy atom. The normalized spacial score (nSPS) is 28.1. The lowest BCUT2D eigenvalue weighted by atomic mass is 10.1. The highest BCUT2D eigenvalue weighted by Crippen LogP contribution is 2.17. The molecule has 2 saturated heterocycles. The molecule has 19 heavy (non-hydrogen) atoms. The molecule has 1 N–H and O–H groups in total. The summed E-state index contributed by atoms with van der Waals surface area (Å²) in [6, 6.07) is 0. The van der Waals surface area contributed by atoms with Gasteiger partial charge in [-0.3, -0.25) is 4.99 Å². The van der Waals surface area contributed by atoms with E-state index in [1.165, 1.54) is 6.42 Å². The van der Waals surface area contributed by atoms with E-state index in [-0.39, 0.29) is 0 Å². The SMILES string of the molecule is CCNC(=NCC1CCOC1)N1CCC(COC)C1. The largest absolute Gasteiger partial charge is 0.384 e. The van der Waals surface area contributed by atoms with Crippen LogP contribution in [0.1, 0.15) is 19.8 Å². The second-order valence-corrected chi connectivity index (χ2v) is 5.48. The van der Waals surface area contributed by atoms with E-state index in [0.717, 1.165) is 58.4 Å². The molecule has 0 aromatic heterocycles. The molecule has 0 bridgehead atoms. The number of rotatable bonds is 5. The van der Waals surface area contributed by atoms with Crippen molar-refractivity contribution in [2.75, 3.05) is 53.1 Å². The van der Waals surface area contributed by atoms with E-state index in [9.17, 15) is 0 Å². The van der Waals surface area contributed by atoms with Crippen molar-refractivity contribution < 1.29 is 9.47 Å². The number of hydrogen-bond acceptors (Lipinski definition) is 3. The predicted octanol–water partition coefficient (Wildman–Crippen LogP) is 0.957. The quantitative estimate of drug-likeness (QED) is 0.596. The van der Waals surface area contributed by atoms with E-state index in [4.69, 9.17) is 14.5 Å².